The lowest BCUT2D eigenvalue weighted by atomic mass is 10.2. The molecule has 0 unspecified atom stereocenters. The van der Waals surface area contributed by atoms with E-state index in [-0.39, 0.29) is 6.54 Å². The average Bonchev–Trinajstić information content (AvgIpc) is 3.13. The molecule has 2 amide bonds. The molecule has 0 bridgehead atoms. The van der Waals surface area contributed by atoms with Gasteiger partial charge in [0, 0.05) is 17.7 Å². The van der Waals surface area contributed by atoms with Gasteiger partial charge in [0.15, 0.2) is 5.75 Å². The zero-order valence-electron chi connectivity index (χ0n) is 13.3. The number of phenols is 1. The molecule has 0 spiro atoms. The lowest BCUT2D eigenvalue weighted by Crippen LogP contribution is -2.34. The molecule has 3 N–H and O–H groups in total. The van der Waals surface area contributed by atoms with E-state index in [1.807, 2.05) is 0 Å². The topological polar surface area (TPSA) is 147 Å². The minimum Gasteiger partial charge on any atom is -0.502 e. The average molecular weight is 358 g/mol. The molecule has 1 aromatic heterocycles. The number of rotatable bonds is 7. The van der Waals surface area contributed by atoms with Crippen molar-refractivity contribution in [3.8, 4) is 5.75 Å². The van der Waals surface area contributed by atoms with Gasteiger partial charge in [-0.25, -0.2) is 5.43 Å². The fourth-order valence-electron chi connectivity index (χ4n) is 1.76. The van der Waals surface area contributed by atoms with E-state index < -0.39 is 28.2 Å². The van der Waals surface area contributed by atoms with Gasteiger partial charge < -0.3 is 14.8 Å². The third-order valence-corrected chi connectivity index (χ3v) is 2.96. The summed E-state index contributed by atoms with van der Waals surface area (Å²) in [7, 11) is 0. The molecule has 2 aromatic rings. The van der Waals surface area contributed by atoms with Crippen LogP contribution in [-0.4, -0.2) is 34.6 Å². The van der Waals surface area contributed by atoms with Crippen LogP contribution in [0.2, 0.25) is 0 Å². The van der Waals surface area contributed by atoms with Crippen LogP contribution >= 0.6 is 0 Å². The smallest absolute Gasteiger partial charge is 0.311 e. The first-order chi connectivity index (χ1) is 12.5. The van der Waals surface area contributed by atoms with Gasteiger partial charge in [-0.05, 0) is 30.3 Å². The Morgan fingerprint density at radius 3 is 2.85 bits per heavy atom. The normalized spacial score (nSPS) is 10.9. The summed E-state index contributed by atoms with van der Waals surface area (Å²) < 4.78 is 5.01. The summed E-state index contributed by atoms with van der Waals surface area (Å²) in [5.74, 6) is -1.05. The van der Waals surface area contributed by atoms with Crippen LogP contribution in [0.25, 0.3) is 6.08 Å². The molecule has 0 fully saturated rings. The Kier molecular flexibility index (Phi) is 6.21. The number of nitrogens with one attached hydrogen (secondary N) is 2. The van der Waals surface area contributed by atoms with Crippen LogP contribution in [0, 0.1) is 10.1 Å². The Balaban J connectivity index is 1.79. The van der Waals surface area contributed by atoms with E-state index in [1.54, 1.807) is 12.1 Å². The van der Waals surface area contributed by atoms with Gasteiger partial charge in [-0.1, -0.05) is 0 Å². The molecule has 134 valence electrons. The number of hydrazone groups is 1. The maximum atomic E-state index is 11.6. The Morgan fingerprint density at radius 2 is 2.15 bits per heavy atom. The fourth-order valence-corrected chi connectivity index (χ4v) is 1.76. The first-order valence-electron chi connectivity index (χ1n) is 7.24. The summed E-state index contributed by atoms with van der Waals surface area (Å²) in [4.78, 5) is 33.1. The van der Waals surface area contributed by atoms with E-state index in [0.717, 1.165) is 12.1 Å². The van der Waals surface area contributed by atoms with E-state index in [4.69, 9.17) is 4.42 Å². The van der Waals surface area contributed by atoms with E-state index >= 15 is 0 Å². The van der Waals surface area contributed by atoms with E-state index in [0.29, 0.717) is 11.3 Å². The molecule has 10 nitrogen and oxygen atoms in total. The summed E-state index contributed by atoms with van der Waals surface area (Å²) in [5.41, 5.74) is 1.99. The summed E-state index contributed by atoms with van der Waals surface area (Å²) in [6.07, 6.45) is 5.29. The molecule has 0 aliphatic rings. The molecule has 10 heteroatoms. The predicted molar refractivity (Wildman–Crippen MR) is 91.2 cm³/mol. The Labute approximate surface area is 147 Å². The predicted octanol–water partition coefficient (Wildman–Crippen LogP) is 1.17. The van der Waals surface area contributed by atoms with Crippen LogP contribution in [0.5, 0.6) is 5.75 Å². The van der Waals surface area contributed by atoms with Gasteiger partial charge in [0.25, 0.3) is 5.91 Å². The summed E-state index contributed by atoms with van der Waals surface area (Å²) in [5, 5.41) is 26.0. The van der Waals surface area contributed by atoms with Crippen LogP contribution in [0.4, 0.5) is 5.69 Å². The Hall–Kier alpha value is -3.95. The van der Waals surface area contributed by atoms with Gasteiger partial charge in [0.2, 0.25) is 5.91 Å². The van der Waals surface area contributed by atoms with Crippen LogP contribution in [0.15, 0.2) is 52.2 Å². The van der Waals surface area contributed by atoms with Gasteiger partial charge >= 0.3 is 5.69 Å². The molecule has 0 saturated heterocycles. The van der Waals surface area contributed by atoms with Crippen molar-refractivity contribution in [1.29, 1.82) is 0 Å². The maximum Gasteiger partial charge on any atom is 0.311 e. The minimum absolute atomic E-state index is 0.306. The number of phenolic OH excluding ortho intramolecular Hbond substituents is 1. The van der Waals surface area contributed by atoms with Crippen molar-refractivity contribution in [1.82, 2.24) is 10.7 Å². The summed E-state index contributed by atoms with van der Waals surface area (Å²) in [6, 6.07) is 6.98. The van der Waals surface area contributed by atoms with Crippen LogP contribution in [0.1, 0.15) is 11.3 Å². The van der Waals surface area contributed by atoms with Crippen molar-refractivity contribution in [3.05, 3.63) is 64.1 Å². The third kappa shape index (κ3) is 5.60. The zero-order valence-corrected chi connectivity index (χ0v) is 13.3. The number of amides is 2. The second-order valence-electron chi connectivity index (χ2n) is 4.86. The molecular weight excluding hydrogens is 344 g/mol. The highest BCUT2D eigenvalue weighted by Gasteiger charge is 2.12. The van der Waals surface area contributed by atoms with Crippen molar-refractivity contribution in [2.75, 3.05) is 6.54 Å². The number of hydrogen-bond acceptors (Lipinski definition) is 7. The number of nitrogens with zero attached hydrogens (tertiary/aromatic N) is 2. The quantitative estimate of drug-likeness (QED) is 0.293. The monoisotopic (exact) mass is 358 g/mol. The lowest BCUT2D eigenvalue weighted by molar-refractivity contribution is -0.385. The van der Waals surface area contributed by atoms with Crippen LogP contribution in [-0.2, 0) is 9.59 Å². The minimum atomic E-state index is -0.739. The highest BCUT2D eigenvalue weighted by atomic mass is 16.6. The molecule has 0 aliphatic carbocycles. The number of nitro groups is 1. The highest BCUT2D eigenvalue weighted by Crippen LogP contribution is 2.25. The van der Waals surface area contributed by atoms with E-state index in [1.165, 1.54) is 30.7 Å². The van der Waals surface area contributed by atoms with Gasteiger partial charge in [-0.15, -0.1) is 0 Å². The Bertz CT molecular complexity index is 858. The molecule has 0 aliphatic heterocycles. The first kappa shape index (κ1) is 18.4. The number of aromatic hydroxyl groups is 1. The number of carbonyl (C=O) groups excluding carboxylic acids is 2. The second kappa shape index (κ2) is 8.78. The number of nitro benzene ring substituents is 1. The van der Waals surface area contributed by atoms with Crippen molar-refractivity contribution >= 4 is 29.8 Å². The number of benzene rings is 1. The maximum absolute atomic E-state index is 11.6. The van der Waals surface area contributed by atoms with Crippen molar-refractivity contribution in [2.45, 2.75) is 0 Å². The lowest BCUT2D eigenvalue weighted by Gasteiger charge is -2.01. The second-order valence-corrected chi connectivity index (χ2v) is 4.86. The molecule has 0 saturated carbocycles. The molecule has 26 heavy (non-hydrogen) atoms. The molecule has 0 radical (unpaired) electrons. The molecular formula is C16H14N4O6. The van der Waals surface area contributed by atoms with Crippen molar-refractivity contribution < 1.29 is 24.0 Å². The van der Waals surface area contributed by atoms with Crippen molar-refractivity contribution in [2.24, 2.45) is 5.10 Å². The SMILES string of the molecule is O=C(/C=C/c1ccco1)NCC(=O)N/N=C/c1ccc(O)c([N+](=O)[O-])c1. The summed E-state index contributed by atoms with van der Waals surface area (Å²) >= 11 is 0. The highest BCUT2D eigenvalue weighted by molar-refractivity contribution is 5.94. The Morgan fingerprint density at radius 1 is 1.35 bits per heavy atom. The zero-order chi connectivity index (χ0) is 18.9. The van der Waals surface area contributed by atoms with Gasteiger partial charge in [-0.2, -0.15) is 5.10 Å². The number of carbonyl (C=O) groups is 2. The third-order valence-electron chi connectivity index (χ3n) is 2.96. The van der Waals surface area contributed by atoms with Crippen LogP contribution in [0.3, 0.4) is 0 Å². The van der Waals surface area contributed by atoms with Crippen molar-refractivity contribution in [3.63, 3.8) is 0 Å². The van der Waals surface area contributed by atoms with Crippen LogP contribution < -0.4 is 10.7 Å². The molecule has 1 heterocycles. The van der Waals surface area contributed by atoms with Gasteiger partial charge in [0.1, 0.15) is 5.76 Å². The standard InChI is InChI=1S/C16H14N4O6/c21-14-5-3-11(8-13(14)20(24)25)9-18-19-16(23)10-17-15(22)6-4-12-2-1-7-26-12/h1-9,21H,10H2,(H,17,22)(H,19,23)/b6-4+,18-9+. The fraction of sp³-hybridized carbons (Fsp3) is 0.0625. The first-order valence-corrected chi connectivity index (χ1v) is 7.24. The van der Waals surface area contributed by atoms with E-state index in [9.17, 15) is 24.8 Å². The van der Waals surface area contributed by atoms with E-state index in [2.05, 4.69) is 15.8 Å². The van der Waals surface area contributed by atoms with Gasteiger partial charge in [-0.3, -0.25) is 19.7 Å². The number of hydrogen-bond donors (Lipinski definition) is 3. The largest absolute Gasteiger partial charge is 0.502 e. The number of furan rings is 1. The van der Waals surface area contributed by atoms with Gasteiger partial charge in [0.05, 0.1) is 23.9 Å². The molecule has 2 rings (SSSR count). The molecule has 0 atom stereocenters. The molecule has 1 aromatic carbocycles. The summed E-state index contributed by atoms with van der Waals surface area (Å²) in [6.45, 7) is -0.311.